The third-order valence-corrected chi connectivity index (χ3v) is 2.05. The molecule has 1 unspecified atom stereocenters. The minimum Gasteiger partial charge on any atom is -0.465 e. The van der Waals surface area contributed by atoms with Crippen molar-refractivity contribution in [3.8, 4) is 0 Å². The number of rotatable bonds is 4. The molecule has 0 bridgehead atoms. The number of hydrogen-bond acceptors (Lipinski definition) is 3. The fourth-order valence-electron chi connectivity index (χ4n) is 1.21. The molecule has 0 spiro atoms. The molecule has 0 aromatic rings. The Hall–Kier alpha value is -1.06. The van der Waals surface area contributed by atoms with Gasteiger partial charge in [0.2, 0.25) is 5.91 Å². The first-order valence-electron chi connectivity index (χ1n) is 4.67. The van der Waals surface area contributed by atoms with Crippen LogP contribution in [0.2, 0.25) is 0 Å². The van der Waals surface area contributed by atoms with Crippen LogP contribution in [-0.2, 0) is 14.3 Å². The van der Waals surface area contributed by atoms with Crippen LogP contribution in [0, 0.1) is 5.92 Å². The van der Waals surface area contributed by atoms with Crippen LogP contribution in [0.4, 0.5) is 0 Å². The van der Waals surface area contributed by atoms with Crippen molar-refractivity contribution in [2.45, 2.75) is 26.2 Å². The highest BCUT2D eigenvalue weighted by molar-refractivity contribution is 5.86. The standard InChI is InChI=1S/C9H15NO3/c1-2-3-4-13-9(12)7-5-8(11)10-6-7/h7H,2-6H2,1H3,(H,10,11). The molecule has 0 aromatic heterocycles. The first-order valence-corrected chi connectivity index (χ1v) is 4.67. The molecular formula is C9H15NO3. The highest BCUT2D eigenvalue weighted by Crippen LogP contribution is 2.10. The van der Waals surface area contributed by atoms with Crippen molar-refractivity contribution in [3.63, 3.8) is 0 Å². The van der Waals surface area contributed by atoms with Crippen LogP contribution >= 0.6 is 0 Å². The van der Waals surface area contributed by atoms with Gasteiger partial charge in [0.1, 0.15) is 0 Å². The second-order valence-electron chi connectivity index (χ2n) is 3.23. The average Bonchev–Trinajstić information content (AvgIpc) is 2.52. The summed E-state index contributed by atoms with van der Waals surface area (Å²) in [5.41, 5.74) is 0. The van der Waals surface area contributed by atoms with Gasteiger partial charge in [-0.2, -0.15) is 0 Å². The van der Waals surface area contributed by atoms with Gasteiger partial charge in [-0.1, -0.05) is 13.3 Å². The minimum absolute atomic E-state index is 0.0579. The van der Waals surface area contributed by atoms with E-state index in [0.29, 0.717) is 13.2 Å². The molecule has 74 valence electrons. The fourth-order valence-corrected chi connectivity index (χ4v) is 1.21. The smallest absolute Gasteiger partial charge is 0.311 e. The highest BCUT2D eigenvalue weighted by Gasteiger charge is 2.28. The maximum absolute atomic E-state index is 11.3. The Bertz CT molecular complexity index is 203. The molecular weight excluding hydrogens is 170 g/mol. The zero-order valence-electron chi connectivity index (χ0n) is 7.84. The van der Waals surface area contributed by atoms with Crippen LogP contribution in [0.1, 0.15) is 26.2 Å². The number of hydrogen-bond donors (Lipinski definition) is 1. The lowest BCUT2D eigenvalue weighted by atomic mass is 10.1. The second kappa shape index (κ2) is 4.84. The average molecular weight is 185 g/mol. The molecule has 1 amide bonds. The third kappa shape index (κ3) is 3.05. The molecule has 1 rings (SSSR count). The van der Waals surface area contributed by atoms with Gasteiger partial charge in [0.25, 0.3) is 0 Å². The molecule has 0 aliphatic carbocycles. The summed E-state index contributed by atoms with van der Waals surface area (Å²) in [7, 11) is 0. The zero-order chi connectivity index (χ0) is 9.68. The van der Waals surface area contributed by atoms with E-state index < -0.39 is 0 Å². The topological polar surface area (TPSA) is 55.4 Å². The zero-order valence-corrected chi connectivity index (χ0v) is 7.84. The maximum atomic E-state index is 11.3. The summed E-state index contributed by atoms with van der Waals surface area (Å²) < 4.78 is 4.98. The van der Waals surface area contributed by atoms with E-state index in [-0.39, 0.29) is 24.2 Å². The predicted molar refractivity (Wildman–Crippen MR) is 47.0 cm³/mol. The number of unbranched alkanes of at least 4 members (excludes halogenated alkanes) is 1. The summed E-state index contributed by atoms with van der Waals surface area (Å²) in [6.45, 7) is 2.94. The summed E-state index contributed by atoms with van der Waals surface area (Å²) in [6, 6.07) is 0. The van der Waals surface area contributed by atoms with Crippen molar-refractivity contribution in [1.82, 2.24) is 5.32 Å². The number of carbonyl (C=O) groups is 2. The van der Waals surface area contributed by atoms with E-state index >= 15 is 0 Å². The molecule has 1 aliphatic heterocycles. The second-order valence-corrected chi connectivity index (χ2v) is 3.23. The van der Waals surface area contributed by atoms with Gasteiger partial charge in [-0.3, -0.25) is 9.59 Å². The maximum Gasteiger partial charge on any atom is 0.311 e. The molecule has 4 heteroatoms. The lowest BCUT2D eigenvalue weighted by Gasteiger charge is -2.07. The van der Waals surface area contributed by atoms with Crippen LogP contribution in [0.3, 0.4) is 0 Å². The molecule has 1 saturated heterocycles. The van der Waals surface area contributed by atoms with E-state index in [2.05, 4.69) is 5.32 Å². The highest BCUT2D eigenvalue weighted by atomic mass is 16.5. The van der Waals surface area contributed by atoms with Gasteiger partial charge in [-0.05, 0) is 6.42 Å². The molecule has 1 heterocycles. The summed E-state index contributed by atoms with van der Waals surface area (Å²) in [6.07, 6.45) is 2.18. The van der Waals surface area contributed by atoms with Gasteiger partial charge >= 0.3 is 5.97 Å². The predicted octanol–water partition coefficient (Wildman–Crippen LogP) is 0.466. The van der Waals surface area contributed by atoms with E-state index in [0.717, 1.165) is 12.8 Å². The SMILES string of the molecule is CCCCOC(=O)C1CNC(=O)C1. The van der Waals surface area contributed by atoms with E-state index in [9.17, 15) is 9.59 Å². The molecule has 0 radical (unpaired) electrons. The molecule has 0 saturated carbocycles. The van der Waals surface area contributed by atoms with E-state index in [1.807, 2.05) is 6.92 Å². The lowest BCUT2D eigenvalue weighted by molar-refractivity contribution is -0.148. The van der Waals surface area contributed by atoms with Crippen molar-refractivity contribution >= 4 is 11.9 Å². The van der Waals surface area contributed by atoms with Gasteiger partial charge in [0.15, 0.2) is 0 Å². The van der Waals surface area contributed by atoms with Crippen LogP contribution < -0.4 is 5.32 Å². The summed E-state index contributed by atoms with van der Waals surface area (Å²) >= 11 is 0. The number of ether oxygens (including phenoxy) is 1. The first kappa shape index (κ1) is 10.0. The molecule has 1 aliphatic rings. The molecule has 13 heavy (non-hydrogen) atoms. The van der Waals surface area contributed by atoms with E-state index in [4.69, 9.17) is 4.74 Å². The van der Waals surface area contributed by atoms with Crippen molar-refractivity contribution < 1.29 is 14.3 Å². The Labute approximate surface area is 77.6 Å². The largest absolute Gasteiger partial charge is 0.465 e. The Morgan fingerprint density at radius 2 is 2.46 bits per heavy atom. The summed E-state index contributed by atoms with van der Waals surface area (Å²) in [4.78, 5) is 22.0. The van der Waals surface area contributed by atoms with Crippen molar-refractivity contribution in [2.75, 3.05) is 13.2 Å². The van der Waals surface area contributed by atoms with Crippen molar-refractivity contribution in [1.29, 1.82) is 0 Å². The Morgan fingerprint density at radius 3 is 3.00 bits per heavy atom. The number of nitrogens with one attached hydrogen (secondary N) is 1. The van der Waals surface area contributed by atoms with E-state index in [1.54, 1.807) is 0 Å². The number of amides is 1. The number of esters is 1. The van der Waals surface area contributed by atoms with Gasteiger partial charge in [0, 0.05) is 13.0 Å². The van der Waals surface area contributed by atoms with Gasteiger partial charge in [-0.25, -0.2) is 0 Å². The molecule has 1 fully saturated rings. The third-order valence-electron chi connectivity index (χ3n) is 2.05. The summed E-state index contributed by atoms with van der Waals surface area (Å²) in [5.74, 6) is -0.561. The van der Waals surface area contributed by atoms with Crippen LogP contribution in [0.5, 0.6) is 0 Å². The molecule has 1 N–H and O–H groups in total. The first-order chi connectivity index (χ1) is 6.24. The van der Waals surface area contributed by atoms with Gasteiger partial charge < -0.3 is 10.1 Å². The molecule has 1 atom stereocenters. The Kier molecular flexibility index (Phi) is 3.73. The van der Waals surface area contributed by atoms with Crippen LogP contribution in [-0.4, -0.2) is 25.0 Å². The Balaban J connectivity index is 2.20. The summed E-state index contributed by atoms with van der Waals surface area (Å²) in [5, 5.41) is 2.60. The molecule has 0 aromatic carbocycles. The van der Waals surface area contributed by atoms with Gasteiger partial charge in [-0.15, -0.1) is 0 Å². The van der Waals surface area contributed by atoms with Crippen LogP contribution in [0.15, 0.2) is 0 Å². The molecule has 4 nitrogen and oxygen atoms in total. The monoisotopic (exact) mass is 185 g/mol. The van der Waals surface area contributed by atoms with Crippen molar-refractivity contribution in [3.05, 3.63) is 0 Å². The normalized spacial score (nSPS) is 21.3. The number of carbonyl (C=O) groups excluding carboxylic acids is 2. The van der Waals surface area contributed by atoms with E-state index in [1.165, 1.54) is 0 Å². The lowest BCUT2D eigenvalue weighted by Crippen LogP contribution is -2.20. The van der Waals surface area contributed by atoms with Gasteiger partial charge in [0.05, 0.1) is 12.5 Å². The Morgan fingerprint density at radius 1 is 1.69 bits per heavy atom. The fraction of sp³-hybridized carbons (Fsp3) is 0.778. The van der Waals surface area contributed by atoms with Crippen molar-refractivity contribution in [2.24, 2.45) is 5.92 Å². The quantitative estimate of drug-likeness (QED) is 0.511. The van der Waals surface area contributed by atoms with Crippen LogP contribution in [0.25, 0.3) is 0 Å². The minimum atomic E-state index is -0.260.